The van der Waals surface area contributed by atoms with Crippen molar-refractivity contribution in [2.75, 3.05) is 6.54 Å². The van der Waals surface area contributed by atoms with Crippen molar-refractivity contribution in [3.05, 3.63) is 71.3 Å². The first-order valence-electron chi connectivity index (χ1n) is 8.83. The van der Waals surface area contributed by atoms with E-state index in [0.29, 0.717) is 0 Å². The highest BCUT2D eigenvalue weighted by atomic mass is 19.4. The summed E-state index contributed by atoms with van der Waals surface area (Å²) in [6, 6.07) is 13.8. The SMILES string of the molecule is CC(C)(C)OC(=O)N(Cc1ccccc1)CC(O)c1ccccc1C(F)(F)F. The molecule has 0 fully saturated rings. The number of benzene rings is 2. The number of aliphatic hydroxyl groups is 1. The number of carbonyl (C=O) groups is 1. The van der Waals surface area contributed by atoms with Crippen LogP contribution in [0.1, 0.15) is 43.6 Å². The molecule has 4 nitrogen and oxygen atoms in total. The highest BCUT2D eigenvalue weighted by Crippen LogP contribution is 2.35. The second-order valence-corrected chi connectivity index (χ2v) is 7.45. The third-order valence-electron chi connectivity index (χ3n) is 3.89. The predicted molar refractivity (Wildman–Crippen MR) is 99.5 cm³/mol. The molecule has 2 aromatic rings. The highest BCUT2D eigenvalue weighted by Gasteiger charge is 2.35. The largest absolute Gasteiger partial charge is 0.444 e. The summed E-state index contributed by atoms with van der Waals surface area (Å²) in [4.78, 5) is 13.8. The minimum absolute atomic E-state index is 0.0982. The van der Waals surface area contributed by atoms with Crippen molar-refractivity contribution in [1.29, 1.82) is 0 Å². The molecule has 1 N–H and O–H groups in total. The van der Waals surface area contributed by atoms with Crippen LogP contribution < -0.4 is 0 Å². The molecule has 0 heterocycles. The standard InChI is InChI=1S/C21H24F3NO3/c1-20(2,3)28-19(27)25(13-15-9-5-4-6-10-15)14-18(26)16-11-7-8-12-17(16)21(22,23)24/h4-12,18,26H,13-14H2,1-3H3. The van der Waals surface area contributed by atoms with Crippen LogP contribution in [0.2, 0.25) is 0 Å². The van der Waals surface area contributed by atoms with Gasteiger partial charge in [0.15, 0.2) is 0 Å². The van der Waals surface area contributed by atoms with E-state index >= 15 is 0 Å². The Kier molecular flexibility index (Phi) is 6.72. The molecule has 2 rings (SSSR count). The maximum Gasteiger partial charge on any atom is 0.416 e. The van der Waals surface area contributed by atoms with E-state index in [1.807, 2.05) is 6.07 Å². The maximum absolute atomic E-state index is 13.3. The number of aliphatic hydroxyl groups excluding tert-OH is 1. The summed E-state index contributed by atoms with van der Waals surface area (Å²) in [7, 11) is 0. The zero-order valence-corrected chi connectivity index (χ0v) is 16.0. The Bertz CT molecular complexity index is 785. The number of nitrogens with zero attached hydrogens (tertiary/aromatic N) is 1. The topological polar surface area (TPSA) is 49.8 Å². The molecule has 0 saturated carbocycles. The van der Waals surface area contributed by atoms with E-state index in [1.165, 1.54) is 23.1 Å². The molecule has 0 aliphatic carbocycles. The van der Waals surface area contributed by atoms with Crippen molar-refractivity contribution in [2.45, 2.75) is 45.2 Å². The zero-order valence-electron chi connectivity index (χ0n) is 16.0. The lowest BCUT2D eigenvalue weighted by atomic mass is 10.0. The second kappa shape index (κ2) is 8.65. The van der Waals surface area contributed by atoms with Crippen LogP contribution in [-0.4, -0.2) is 28.2 Å². The van der Waals surface area contributed by atoms with E-state index in [0.717, 1.165) is 11.6 Å². The van der Waals surface area contributed by atoms with E-state index in [2.05, 4.69) is 0 Å². The van der Waals surface area contributed by atoms with Gasteiger partial charge in [-0.05, 0) is 38.0 Å². The molecule has 0 aliphatic heterocycles. The van der Waals surface area contributed by atoms with E-state index in [-0.39, 0.29) is 18.7 Å². The molecule has 1 atom stereocenters. The smallest absolute Gasteiger partial charge is 0.416 e. The van der Waals surface area contributed by atoms with Crippen LogP contribution >= 0.6 is 0 Å². The molecule has 7 heteroatoms. The Labute approximate surface area is 162 Å². The molecule has 0 aliphatic rings. The average Bonchev–Trinajstić information content (AvgIpc) is 2.60. The predicted octanol–water partition coefficient (Wildman–Crippen LogP) is 5.18. The lowest BCUT2D eigenvalue weighted by Crippen LogP contribution is -2.39. The highest BCUT2D eigenvalue weighted by molar-refractivity contribution is 5.68. The van der Waals surface area contributed by atoms with Crippen LogP contribution in [-0.2, 0) is 17.5 Å². The Morgan fingerprint density at radius 1 is 1.04 bits per heavy atom. The number of ether oxygens (including phenoxy) is 1. The maximum atomic E-state index is 13.3. The second-order valence-electron chi connectivity index (χ2n) is 7.45. The molecule has 28 heavy (non-hydrogen) atoms. The fourth-order valence-electron chi connectivity index (χ4n) is 2.69. The van der Waals surface area contributed by atoms with Crippen molar-refractivity contribution in [1.82, 2.24) is 4.90 Å². The van der Waals surface area contributed by atoms with Crippen molar-refractivity contribution >= 4 is 6.09 Å². The summed E-state index contributed by atoms with van der Waals surface area (Å²) in [6.45, 7) is 4.85. The van der Waals surface area contributed by atoms with E-state index in [4.69, 9.17) is 4.74 Å². The number of rotatable bonds is 5. The van der Waals surface area contributed by atoms with Gasteiger partial charge < -0.3 is 14.7 Å². The fourth-order valence-corrected chi connectivity index (χ4v) is 2.69. The zero-order chi connectivity index (χ0) is 20.9. The van der Waals surface area contributed by atoms with Crippen LogP contribution in [0.3, 0.4) is 0 Å². The van der Waals surface area contributed by atoms with Gasteiger partial charge in [-0.25, -0.2) is 4.79 Å². The molecular formula is C21H24F3NO3. The molecule has 0 saturated heterocycles. The summed E-state index contributed by atoms with van der Waals surface area (Å²) in [5, 5.41) is 10.5. The van der Waals surface area contributed by atoms with Crippen LogP contribution in [0.4, 0.5) is 18.0 Å². The van der Waals surface area contributed by atoms with E-state index in [1.54, 1.807) is 45.0 Å². The number of carbonyl (C=O) groups excluding carboxylic acids is 1. The molecular weight excluding hydrogens is 371 g/mol. The molecule has 1 amide bonds. The Hall–Kier alpha value is -2.54. The average molecular weight is 395 g/mol. The van der Waals surface area contributed by atoms with Crippen LogP contribution in [0.5, 0.6) is 0 Å². The van der Waals surface area contributed by atoms with Gasteiger partial charge in [0.25, 0.3) is 0 Å². The van der Waals surface area contributed by atoms with Crippen molar-refractivity contribution in [3.8, 4) is 0 Å². The number of alkyl halides is 3. The molecule has 0 radical (unpaired) electrons. The summed E-state index contributed by atoms with van der Waals surface area (Å²) < 4.78 is 45.1. The third-order valence-corrected chi connectivity index (χ3v) is 3.89. The first-order chi connectivity index (χ1) is 13.0. The Morgan fingerprint density at radius 2 is 1.61 bits per heavy atom. The normalized spacial score (nSPS) is 13.1. The summed E-state index contributed by atoms with van der Waals surface area (Å²) in [5.74, 6) is 0. The number of hydrogen-bond acceptors (Lipinski definition) is 3. The van der Waals surface area contributed by atoms with Gasteiger partial charge in [-0.1, -0.05) is 48.5 Å². The minimum atomic E-state index is -4.60. The van der Waals surface area contributed by atoms with E-state index in [9.17, 15) is 23.1 Å². The molecule has 0 aromatic heterocycles. The monoisotopic (exact) mass is 395 g/mol. The molecule has 0 spiro atoms. The lowest BCUT2D eigenvalue weighted by Gasteiger charge is -2.29. The minimum Gasteiger partial charge on any atom is -0.444 e. The van der Waals surface area contributed by atoms with Crippen LogP contribution in [0.15, 0.2) is 54.6 Å². The van der Waals surface area contributed by atoms with Gasteiger partial charge in [0.05, 0.1) is 18.2 Å². The van der Waals surface area contributed by atoms with Crippen molar-refractivity contribution < 1.29 is 27.8 Å². The van der Waals surface area contributed by atoms with Gasteiger partial charge in [-0.3, -0.25) is 0 Å². The quantitative estimate of drug-likeness (QED) is 0.759. The fraction of sp³-hybridized carbons (Fsp3) is 0.381. The first kappa shape index (κ1) is 21.8. The van der Waals surface area contributed by atoms with E-state index < -0.39 is 29.5 Å². The molecule has 1 unspecified atom stereocenters. The molecule has 152 valence electrons. The molecule has 2 aromatic carbocycles. The summed E-state index contributed by atoms with van der Waals surface area (Å²) in [6.07, 6.45) is -6.83. The van der Waals surface area contributed by atoms with Crippen molar-refractivity contribution in [3.63, 3.8) is 0 Å². The van der Waals surface area contributed by atoms with Crippen LogP contribution in [0.25, 0.3) is 0 Å². The first-order valence-corrected chi connectivity index (χ1v) is 8.83. The van der Waals surface area contributed by atoms with Gasteiger partial charge in [-0.15, -0.1) is 0 Å². The third kappa shape index (κ3) is 6.27. The van der Waals surface area contributed by atoms with Gasteiger partial charge in [0.2, 0.25) is 0 Å². The Morgan fingerprint density at radius 3 is 2.18 bits per heavy atom. The summed E-state index contributed by atoms with van der Waals surface area (Å²) >= 11 is 0. The van der Waals surface area contributed by atoms with Gasteiger partial charge >= 0.3 is 12.3 Å². The van der Waals surface area contributed by atoms with Crippen molar-refractivity contribution in [2.24, 2.45) is 0 Å². The number of amides is 1. The summed E-state index contributed by atoms with van der Waals surface area (Å²) in [5.41, 5.74) is -1.21. The van der Waals surface area contributed by atoms with Crippen LogP contribution in [0, 0.1) is 0 Å². The van der Waals surface area contributed by atoms with Gasteiger partial charge in [0.1, 0.15) is 5.60 Å². The van der Waals surface area contributed by atoms with Gasteiger partial charge in [-0.2, -0.15) is 13.2 Å². The molecule has 0 bridgehead atoms. The number of halogens is 3. The number of hydrogen-bond donors (Lipinski definition) is 1. The Balaban J connectivity index is 2.28. The van der Waals surface area contributed by atoms with Gasteiger partial charge in [0, 0.05) is 6.54 Å². The lowest BCUT2D eigenvalue weighted by molar-refractivity contribution is -0.139.